The van der Waals surface area contributed by atoms with Gasteiger partial charge in [-0.3, -0.25) is 0 Å². The highest BCUT2D eigenvalue weighted by molar-refractivity contribution is 5.92. The first-order valence-corrected chi connectivity index (χ1v) is 8.14. The van der Waals surface area contributed by atoms with E-state index in [9.17, 15) is 4.79 Å². The van der Waals surface area contributed by atoms with E-state index in [0.717, 1.165) is 18.8 Å². The van der Waals surface area contributed by atoms with E-state index in [2.05, 4.69) is 4.90 Å². The van der Waals surface area contributed by atoms with Crippen LogP contribution in [0.2, 0.25) is 0 Å². The molecule has 1 aliphatic heterocycles. The number of hydrogen-bond acceptors (Lipinski definition) is 6. The lowest BCUT2D eigenvalue weighted by molar-refractivity contribution is 0.0525. The first kappa shape index (κ1) is 17.4. The van der Waals surface area contributed by atoms with Crippen molar-refractivity contribution < 1.29 is 23.7 Å². The average Bonchev–Trinajstić information content (AvgIpc) is 2.56. The number of benzene rings is 1. The number of esters is 1. The number of anilines is 1. The lowest BCUT2D eigenvalue weighted by Crippen LogP contribution is -2.36. The molecule has 2 rings (SSSR count). The van der Waals surface area contributed by atoms with E-state index < -0.39 is 0 Å². The van der Waals surface area contributed by atoms with Crippen LogP contribution in [0.25, 0.3) is 0 Å². The summed E-state index contributed by atoms with van der Waals surface area (Å²) in [5.74, 6) is 0.912. The third-order valence-corrected chi connectivity index (χ3v) is 3.48. The van der Waals surface area contributed by atoms with E-state index in [1.807, 2.05) is 13.8 Å². The SMILES string of the molecule is CCOC(=O)c1cc(OCC)c(N2CCOCC2)c(OCC)c1. The van der Waals surface area contributed by atoms with Crippen molar-refractivity contribution in [1.29, 1.82) is 0 Å². The van der Waals surface area contributed by atoms with Gasteiger partial charge >= 0.3 is 5.97 Å². The molecule has 1 heterocycles. The fourth-order valence-electron chi connectivity index (χ4n) is 2.54. The first-order valence-electron chi connectivity index (χ1n) is 8.14. The lowest BCUT2D eigenvalue weighted by atomic mass is 10.1. The van der Waals surface area contributed by atoms with Gasteiger partial charge in [-0.15, -0.1) is 0 Å². The molecule has 1 aromatic carbocycles. The van der Waals surface area contributed by atoms with E-state index >= 15 is 0 Å². The van der Waals surface area contributed by atoms with Gasteiger partial charge in [-0.25, -0.2) is 4.79 Å². The minimum atomic E-state index is -0.372. The summed E-state index contributed by atoms with van der Waals surface area (Å²) in [7, 11) is 0. The predicted molar refractivity (Wildman–Crippen MR) is 87.8 cm³/mol. The zero-order valence-electron chi connectivity index (χ0n) is 14.1. The van der Waals surface area contributed by atoms with Crippen LogP contribution in [0.1, 0.15) is 31.1 Å². The van der Waals surface area contributed by atoms with Gasteiger partial charge in [-0.1, -0.05) is 0 Å². The molecule has 6 nitrogen and oxygen atoms in total. The Balaban J connectivity index is 2.45. The molecule has 0 amide bonds. The Morgan fingerprint density at radius 3 is 2.09 bits per heavy atom. The molecular weight excluding hydrogens is 298 g/mol. The van der Waals surface area contributed by atoms with Crippen molar-refractivity contribution >= 4 is 11.7 Å². The van der Waals surface area contributed by atoms with Crippen molar-refractivity contribution in [1.82, 2.24) is 0 Å². The molecular formula is C17H25NO5. The first-order chi connectivity index (χ1) is 11.2. The molecule has 1 saturated heterocycles. The van der Waals surface area contributed by atoms with E-state index in [-0.39, 0.29) is 5.97 Å². The maximum absolute atomic E-state index is 12.1. The number of rotatable bonds is 7. The van der Waals surface area contributed by atoms with Gasteiger partial charge in [0.15, 0.2) is 0 Å². The van der Waals surface area contributed by atoms with Crippen LogP contribution in [-0.2, 0) is 9.47 Å². The van der Waals surface area contributed by atoms with E-state index in [4.69, 9.17) is 18.9 Å². The number of hydrogen-bond donors (Lipinski definition) is 0. The normalized spacial score (nSPS) is 14.5. The second kappa shape index (κ2) is 8.62. The Bertz CT molecular complexity index is 499. The molecule has 0 N–H and O–H groups in total. The van der Waals surface area contributed by atoms with Gasteiger partial charge < -0.3 is 23.8 Å². The molecule has 0 radical (unpaired) electrons. The van der Waals surface area contributed by atoms with Gasteiger partial charge in [0.25, 0.3) is 0 Å². The van der Waals surface area contributed by atoms with Crippen molar-refractivity contribution in [3.63, 3.8) is 0 Å². The third kappa shape index (κ3) is 4.28. The maximum atomic E-state index is 12.1. The van der Waals surface area contributed by atoms with Crippen LogP contribution in [0.15, 0.2) is 12.1 Å². The molecule has 0 bridgehead atoms. The van der Waals surface area contributed by atoms with Gasteiger partial charge in [0.05, 0.1) is 38.6 Å². The summed E-state index contributed by atoms with van der Waals surface area (Å²) in [6, 6.07) is 3.46. The van der Waals surface area contributed by atoms with Crippen molar-refractivity contribution in [2.45, 2.75) is 20.8 Å². The van der Waals surface area contributed by atoms with Crippen LogP contribution >= 0.6 is 0 Å². The van der Waals surface area contributed by atoms with Crippen LogP contribution in [0, 0.1) is 0 Å². The largest absolute Gasteiger partial charge is 0.492 e. The van der Waals surface area contributed by atoms with Gasteiger partial charge in [0, 0.05) is 13.1 Å². The van der Waals surface area contributed by atoms with Crippen LogP contribution in [-0.4, -0.2) is 52.1 Å². The minimum Gasteiger partial charge on any atom is -0.492 e. The van der Waals surface area contributed by atoms with Crippen molar-refractivity contribution in [3.05, 3.63) is 17.7 Å². The van der Waals surface area contributed by atoms with Crippen molar-refractivity contribution in [2.24, 2.45) is 0 Å². The molecule has 0 aliphatic carbocycles. The minimum absolute atomic E-state index is 0.331. The summed E-state index contributed by atoms with van der Waals surface area (Å²) in [6.07, 6.45) is 0. The Kier molecular flexibility index (Phi) is 6.52. The van der Waals surface area contributed by atoms with Gasteiger partial charge in [-0.05, 0) is 32.9 Å². The molecule has 0 saturated carbocycles. The molecule has 0 unspecified atom stereocenters. The topological polar surface area (TPSA) is 57.2 Å². The van der Waals surface area contributed by atoms with E-state index in [0.29, 0.717) is 50.1 Å². The fourth-order valence-corrected chi connectivity index (χ4v) is 2.54. The molecule has 1 aromatic rings. The Morgan fingerprint density at radius 1 is 1.04 bits per heavy atom. The van der Waals surface area contributed by atoms with Gasteiger partial charge in [-0.2, -0.15) is 0 Å². The Hall–Kier alpha value is -1.95. The zero-order valence-corrected chi connectivity index (χ0v) is 14.1. The summed E-state index contributed by atoms with van der Waals surface area (Å²) in [5, 5.41) is 0. The summed E-state index contributed by atoms with van der Waals surface area (Å²) in [6.45, 7) is 9.82. The fraction of sp³-hybridized carbons (Fsp3) is 0.588. The Morgan fingerprint density at radius 2 is 1.61 bits per heavy atom. The number of nitrogens with zero attached hydrogens (tertiary/aromatic N) is 1. The lowest BCUT2D eigenvalue weighted by Gasteiger charge is -2.31. The average molecular weight is 323 g/mol. The standard InChI is InChI=1S/C17H25NO5/c1-4-21-14-11-13(17(19)23-6-3)12-15(22-5-2)16(14)18-7-9-20-10-8-18/h11-12H,4-10H2,1-3H3. The molecule has 1 aliphatic rings. The van der Waals surface area contributed by atoms with Crippen molar-refractivity contribution in [3.8, 4) is 11.5 Å². The van der Waals surface area contributed by atoms with Crippen LogP contribution in [0.4, 0.5) is 5.69 Å². The smallest absolute Gasteiger partial charge is 0.338 e. The number of morpholine rings is 1. The van der Waals surface area contributed by atoms with Gasteiger partial charge in [0.2, 0.25) is 0 Å². The second-order valence-electron chi connectivity index (χ2n) is 5.01. The predicted octanol–water partition coefficient (Wildman–Crippen LogP) is 2.50. The zero-order chi connectivity index (χ0) is 16.7. The summed E-state index contributed by atoms with van der Waals surface area (Å²) in [5.41, 5.74) is 1.32. The molecule has 0 spiro atoms. The molecule has 1 fully saturated rings. The van der Waals surface area contributed by atoms with E-state index in [1.165, 1.54) is 0 Å². The number of carbonyl (C=O) groups is 1. The molecule has 128 valence electrons. The third-order valence-electron chi connectivity index (χ3n) is 3.48. The summed E-state index contributed by atoms with van der Waals surface area (Å²) < 4.78 is 22.1. The number of carbonyl (C=O) groups excluding carboxylic acids is 1. The number of ether oxygens (including phenoxy) is 4. The quantitative estimate of drug-likeness (QED) is 0.719. The highest BCUT2D eigenvalue weighted by atomic mass is 16.5. The Labute approximate surface area is 137 Å². The molecule has 0 aromatic heterocycles. The molecule has 23 heavy (non-hydrogen) atoms. The molecule has 6 heteroatoms. The maximum Gasteiger partial charge on any atom is 0.338 e. The van der Waals surface area contributed by atoms with Crippen molar-refractivity contribution in [2.75, 3.05) is 51.0 Å². The summed E-state index contributed by atoms with van der Waals surface area (Å²) in [4.78, 5) is 14.3. The summed E-state index contributed by atoms with van der Waals surface area (Å²) >= 11 is 0. The van der Waals surface area contributed by atoms with Crippen LogP contribution < -0.4 is 14.4 Å². The highest BCUT2D eigenvalue weighted by Crippen LogP contribution is 2.40. The molecule has 0 atom stereocenters. The van der Waals surface area contributed by atoms with E-state index in [1.54, 1.807) is 19.1 Å². The highest BCUT2D eigenvalue weighted by Gasteiger charge is 2.23. The van der Waals surface area contributed by atoms with Gasteiger partial charge in [0.1, 0.15) is 17.2 Å². The second-order valence-corrected chi connectivity index (χ2v) is 5.01. The van der Waals surface area contributed by atoms with Crippen LogP contribution in [0.5, 0.6) is 11.5 Å². The van der Waals surface area contributed by atoms with Crippen LogP contribution in [0.3, 0.4) is 0 Å². The monoisotopic (exact) mass is 323 g/mol.